The van der Waals surface area contributed by atoms with E-state index >= 15 is 0 Å². The van der Waals surface area contributed by atoms with Crippen LogP contribution in [0.3, 0.4) is 0 Å². The fourth-order valence-electron chi connectivity index (χ4n) is 2.05. The molecule has 0 aliphatic heterocycles. The number of thiocarbonyl (C=S) groups is 1. The minimum absolute atomic E-state index is 0.114. The third-order valence-corrected chi connectivity index (χ3v) is 3.16. The van der Waals surface area contributed by atoms with Crippen LogP contribution in [0.1, 0.15) is 11.1 Å². The molecule has 0 aliphatic rings. The fraction of sp³-hybridized carbons (Fsp3) is 0.0667. The highest BCUT2D eigenvalue weighted by molar-refractivity contribution is 7.79. The molecule has 0 bridgehead atoms. The molecule has 2 rings (SSSR count). The number of amidine groups is 1. The Morgan fingerprint density at radius 2 is 1.80 bits per heavy atom. The van der Waals surface area contributed by atoms with Crippen LogP contribution < -0.4 is 22.2 Å². The lowest BCUT2D eigenvalue weighted by molar-refractivity contribution is -0.313. The highest BCUT2D eigenvalue weighted by Crippen LogP contribution is 2.25. The Kier molecular flexibility index (Phi) is 4.00. The molecule has 2 aromatic rings. The minimum Gasteiger partial charge on any atom is -0.398 e. The van der Waals surface area contributed by atoms with Gasteiger partial charge in [0.15, 0.2) is 0 Å². The molecule has 5 heteroatoms. The van der Waals surface area contributed by atoms with Crippen LogP contribution in [-0.2, 0) is 0 Å². The molecule has 0 spiro atoms. The van der Waals surface area contributed by atoms with Gasteiger partial charge in [0.25, 0.3) is 5.11 Å². The first-order chi connectivity index (χ1) is 9.49. The van der Waals surface area contributed by atoms with Crippen LogP contribution in [0.25, 0.3) is 11.1 Å². The Bertz CT molecular complexity index is 692. The number of benzene rings is 2. The van der Waals surface area contributed by atoms with Gasteiger partial charge in [0.1, 0.15) is 0 Å². The number of rotatable bonds is 2. The zero-order chi connectivity index (χ0) is 14.7. The molecule has 0 amide bonds. The van der Waals surface area contributed by atoms with E-state index in [1.165, 1.54) is 5.56 Å². The van der Waals surface area contributed by atoms with Gasteiger partial charge >= 0.3 is 0 Å². The summed E-state index contributed by atoms with van der Waals surface area (Å²) in [6.45, 7) is 2.06. The molecule has 0 heterocycles. The number of hydrogen-bond donors (Lipinski definition) is 4. The van der Waals surface area contributed by atoms with Crippen LogP contribution in [0.5, 0.6) is 0 Å². The van der Waals surface area contributed by atoms with E-state index < -0.39 is 0 Å². The zero-order valence-corrected chi connectivity index (χ0v) is 12.0. The normalized spacial score (nSPS) is 11.3. The van der Waals surface area contributed by atoms with E-state index in [2.05, 4.69) is 24.0 Å². The van der Waals surface area contributed by atoms with E-state index in [0.29, 0.717) is 17.1 Å². The van der Waals surface area contributed by atoms with E-state index in [1.54, 1.807) is 0 Å². The van der Waals surface area contributed by atoms with Gasteiger partial charge in [0.2, 0.25) is 5.84 Å². The molecule has 0 aromatic heterocycles. The number of nitrogens with two attached hydrogens (primary N) is 3. The number of hydrogen-bond acceptors (Lipinski definition) is 2. The quantitative estimate of drug-likeness (QED) is 0.276. The van der Waals surface area contributed by atoms with Crippen LogP contribution in [0.15, 0.2) is 42.5 Å². The summed E-state index contributed by atoms with van der Waals surface area (Å²) in [5, 5.41) is 0.114. The molecule has 0 saturated heterocycles. The Balaban J connectivity index is 2.55. The SMILES string of the molecule is Cc1ccccc1-c1ccc(N)c(/C(N)=[NH+]/C(N)=S)c1. The summed E-state index contributed by atoms with van der Waals surface area (Å²) in [4.78, 5) is 2.72. The van der Waals surface area contributed by atoms with E-state index in [0.717, 1.165) is 11.1 Å². The molecule has 0 radical (unpaired) electrons. The second-order valence-electron chi connectivity index (χ2n) is 4.52. The van der Waals surface area contributed by atoms with Gasteiger partial charge in [0, 0.05) is 5.69 Å². The van der Waals surface area contributed by atoms with Crippen molar-refractivity contribution in [2.24, 2.45) is 11.5 Å². The summed E-state index contributed by atoms with van der Waals surface area (Å²) >= 11 is 4.79. The van der Waals surface area contributed by atoms with Crippen molar-refractivity contribution in [3.8, 4) is 11.1 Å². The first-order valence-corrected chi connectivity index (χ1v) is 6.54. The highest BCUT2D eigenvalue weighted by Gasteiger charge is 2.10. The Morgan fingerprint density at radius 3 is 2.45 bits per heavy atom. The van der Waals surface area contributed by atoms with Crippen molar-refractivity contribution >= 4 is 28.9 Å². The van der Waals surface area contributed by atoms with Crippen LogP contribution in [0.4, 0.5) is 5.69 Å². The van der Waals surface area contributed by atoms with Gasteiger partial charge in [-0.05, 0) is 48.0 Å². The number of anilines is 1. The lowest BCUT2D eigenvalue weighted by atomic mass is 9.98. The number of aryl methyl sites for hydroxylation is 1. The molecule has 0 saturated carbocycles. The smallest absolute Gasteiger partial charge is 0.285 e. The topological polar surface area (TPSA) is 92.0 Å². The summed E-state index contributed by atoms with van der Waals surface area (Å²) in [6.07, 6.45) is 0. The van der Waals surface area contributed by atoms with Gasteiger partial charge in [0.05, 0.1) is 5.56 Å². The fourth-order valence-corrected chi connectivity index (χ4v) is 2.16. The van der Waals surface area contributed by atoms with Crippen molar-refractivity contribution in [1.29, 1.82) is 0 Å². The molecule has 7 N–H and O–H groups in total. The van der Waals surface area contributed by atoms with Gasteiger partial charge in [-0.25, -0.2) is 4.99 Å². The summed E-state index contributed by atoms with van der Waals surface area (Å²) in [6, 6.07) is 13.8. The van der Waals surface area contributed by atoms with Crippen molar-refractivity contribution in [2.75, 3.05) is 5.73 Å². The molecule has 0 aliphatic carbocycles. The van der Waals surface area contributed by atoms with Gasteiger partial charge in [-0.3, -0.25) is 0 Å². The maximum absolute atomic E-state index is 5.96. The molecule has 4 nitrogen and oxygen atoms in total. The average molecular weight is 285 g/mol. The van der Waals surface area contributed by atoms with Crippen molar-refractivity contribution in [2.45, 2.75) is 6.92 Å². The molecule has 2 aromatic carbocycles. The largest absolute Gasteiger partial charge is 0.398 e. The lowest BCUT2D eigenvalue weighted by Crippen LogP contribution is -2.81. The molecule has 0 atom stereocenters. The molecule has 0 fully saturated rings. The van der Waals surface area contributed by atoms with Crippen LogP contribution in [-0.4, -0.2) is 10.9 Å². The van der Waals surface area contributed by atoms with Gasteiger partial charge in [-0.2, -0.15) is 0 Å². The third-order valence-electron chi connectivity index (χ3n) is 3.06. The number of nitrogen functional groups attached to an aromatic ring is 2. The van der Waals surface area contributed by atoms with Crippen molar-refractivity contribution in [1.82, 2.24) is 0 Å². The summed E-state index contributed by atoms with van der Waals surface area (Å²) < 4.78 is 0. The minimum atomic E-state index is 0.114. The first-order valence-electron chi connectivity index (χ1n) is 6.14. The maximum atomic E-state index is 5.96. The second kappa shape index (κ2) is 5.71. The van der Waals surface area contributed by atoms with Crippen LogP contribution in [0.2, 0.25) is 0 Å². The lowest BCUT2D eigenvalue weighted by Gasteiger charge is -2.09. The molecule has 20 heavy (non-hydrogen) atoms. The Morgan fingerprint density at radius 1 is 1.10 bits per heavy atom. The van der Waals surface area contributed by atoms with E-state index in [1.807, 2.05) is 30.3 Å². The van der Waals surface area contributed by atoms with Gasteiger partial charge in [-0.15, -0.1) is 0 Å². The van der Waals surface area contributed by atoms with Crippen molar-refractivity contribution < 1.29 is 4.99 Å². The van der Waals surface area contributed by atoms with Gasteiger partial charge in [-0.1, -0.05) is 30.3 Å². The van der Waals surface area contributed by atoms with E-state index in [4.69, 9.17) is 29.4 Å². The average Bonchev–Trinajstić information content (AvgIpc) is 2.39. The van der Waals surface area contributed by atoms with Gasteiger partial charge < -0.3 is 17.2 Å². The van der Waals surface area contributed by atoms with Crippen molar-refractivity contribution in [3.63, 3.8) is 0 Å². The zero-order valence-electron chi connectivity index (χ0n) is 11.2. The first kappa shape index (κ1) is 14.0. The molecular formula is C15H17N4S+. The van der Waals surface area contributed by atoms with Crippen molar-refractivity contribution in [3.05, 3.63) is 53.6 Å². The number of nitrogens with one attached hydrogen (secondary N) is 1. The summed E-state index contributed by atoms with van der Waals surface area (Å²) in [7, 11) is 0. The Hall–Kier alpha value is -2.40. The predicted molar refractivity (Wildman–Crippen MR) is 87.1 cm³/mol. The molecule has 0 unspecified atom stereocenters. The highest BCUT2D eigenvalue weighted by atomic mass is 32.1. The summed E-state index contributed by atoms with van der Waals surface area (Å²) in [5.74, 6) is 0.352. The molecule has 102 valence electrons. The van der Waals surface area contributed by atoms with E-state index in [-0.39, 0.29) is 5.11 Å². The van der Waals surface area contributed by atoms with Crippen LogP contribution in [0, 0.1) is 6.92 Å². The summed E-state index contributed by atoms with van der Waals surface area (Å²) in [5.41, 5.74) is 22.0. The Labute approximate surface area is 123 Å². The predicted octanol–water partition coefficient (Wildman–Crippen LogP) is 0.274. The standard InChI is InChI=1S/C15H16N4S/c1-9-4-2-3-5-11(9)10-6-7-13(16)12(8-10)14(17)19-15(18)20/h2-8H,16H2,1H3,(H4,17,18,19,20)/p+1. The van der Waals surface area contributed by atoms with Crippen LogP contribution >= 0.6 is 12.2 Å². The monoisotopic (exact) mass is 285 g/mol. The maximum Gasteiger partial charge on any atom is 0.285 e. The second-order valence-corrected chi connectivity index (χ2v) is 4.96. The third kappa shape index (κ3) is 2.95. The van der Waals surface area contributed by atoms with E-state index in [9.17, 15) is 0 Å². The molecular weight excluding hydrogens is 268 g/mol.